The zero-order valence-electron chi connectivity index (χ0n) is 5.14. The molecule has 1 aliphatic rings. The molecular formula is C6H12O. The summed E-state index contributed by atoms with van der Waals surface area (Å²) in [6.45, 7) is 6.45. The van der Waals surface area contributed by atoms with E-state index < -0.39 is 0 Å². The topological polar surface area (TPSA) is 9.23 Å². The van der Waals surface area contributed by atoms with Crippen LogP contribution in [0.4, 0.5) is 0 Å². The fraction of sp³-hybridized carbons (Fsp3) is 1.00. The van der Waals surface area contributed by atoms with Gasteiger partial charge in [-0.2, -0.15) is 0 Å². The largest absolute Gasteiger partial charge is 0.375 e. The lowest BCUT2D eigenvalue weighted by atomic mass is 9.94. The van der Waals surface area contributed by atoms with Crippen LogP contribution in [0.15, 0.2) is 0 Å². The van der Waals surface area contributed by atoms with Crippen molar-refractivity contribution in [1.82, 2.24) is 0 Å². The highest BCUT2D eigenvalue weighted by atomic mass is 16.5. The smallest absolute Gasteiger partial charge is 0.0600 e. The first-order valence-electron chi connectivity index (χ1n) is 2.87. The van der Waals surface area contributed by atoms with Gasteiger partial charge in [-0.3, -0.25) is 0 Å². The Labute approximate surface area is 44.7 Å². The molecule has 1 heteroatoms. The van der Waals surface area contributed by atoms with E-state index in [4.69, 9.17) is 4.74 Å². The number of hydrogen-bond acceptors (Lipinski definition) is 1. The van der Waals surface area contributed by atoms with E-state index in [-0.39, 0.29) is 0 Å². The molecule has 0 aromatic heterocycles. The summed E-state index contributed by atoms with van der Waals surface area (Å²) in [6.07, 6.45) is 1.02. The predicted molar refractivity (Wildman–Crippen MR) is 29.2 cm³/mol. The maximum absolute atomic E-state index is 5.25. The minimum absolute atomic E-state index is 0.509. The Bertz CT molecular complexity index is 62.6. The molecule has 0 amide bonds. The van der Waals surface area contributed by atoms with E-state index in [0.29, 0.717) is 12.2 Å². The second kappa shape index (κ2) is 1.48. The van der Waals surface area contributed by atoms with Crippen LogP contribution < -0.4 is 0 Å². The van der Waals surface area contributed by atoms with Crippen LogP contribution in [0.2, 0.25) is 0 Å². The van der Waals surface area contributed by atoms with E-state index in [1.54, 1.807) is 0 Å². The van der Waals surface area contributed by atoms with Crippen molar-refractivity contribution >= 4 is 0 Å². The second-order valence-electron chi connectivity index (χ2n) is 2.41. The molecule has 0 radical (unpaired) electrons. The summed E-state index contributed by atoms with van der Waals surface area (Å²) in [6, 6.07) is 0. The lowest BCUT2D eigenvalue weighted by Crippen LogP contribution is -2.42. The van der Waals surface area contributed by atoms with Gasteiger partial charge in [0.15, 0.2) is 0 Å². The van der Waals surface area contributed by atoms with Crippen molar-refractivity contribution in [3.8, 4) is 0 Å². The summed E-state index contributed by atoms with van der Waals surface area (Å²) in [5, 5.41) is 0. The van der Waals surface area contributed by atoms with E-state index >= 15 is 0 Å². The lowest BCUT2D eigenvalue weighted by molar-refractivity contribution is -0.156. The molecule has 1 nitrogen and oxygen atoms in total. The average molecular weight is 100 g/mol. The Morgan fingerprint density at radius 2 is 1.43 bits per heavy atom. The predicted octanol–water partition coefficient (Wildman–Crippen LogP) is 1.43. The van der Waals surface area contributed by atoms with Gasteiger partial charge < -0.3 is 4.74 Å². The van der Waals surface area contributed by atoms with Crippen LogP contribution in [-0.2, 0) is 4.74 Å². The Morgan fingerprint density at radius 3 is 1.43 bits per heavy atom. The molecule has 0 N–H and O–H groups in total. The number of rotatable bonds is 0. The van der Waals surface area contributed by atoms with Gasteiger partial charge in [0.1, 0.15) is 0 Å². The van der Waals surface area contributed by atoms with Gasteiger partial charge in [-0.1, -0.05) is 6.92 Å². The van der Waals surface area contributed by atoms with Crippen molar-refractivity contribution < 1.29 is 4.74 Å². The quantitative estimate of drug-likeness (QED) is 0.447. The van der Waals surface area contributed by atoms with Crippen LogP contribution in [0.5, 0.6) is 0 Å². The third-order valence-corrected chi connectivity index (χ3v) is 1.91. The lowest BCUT2D eigenvalue weighted by Gasteiger charge is -2.38. The molecule has 0 aromatic carbocycles. The molecule has 1 heterocycles. The first-order valence-corrected chi connectivity index (χ1v) is 2.87. The molecule has 0 aliphatic carbocycles. The first-order chi connectivity index (χ1) is 3.22. The zero-order valence-corrected chi connectivity index (χ0v) is 5.14. The van der Waals surface area contributed by atoms with E-state index in [2.05, 4.69) is 20.8 Å². The van der Waals surface area contributed by atoms with Crippen LogP contribution in [0, 0.1) is 5.92 Å². The van der Waals surface area contributed by atoms with Crippen LogP contribution >= 0.6 is 0 Å². The monoisotopic (exact) mass is 100 g/mol. The SMILES string of the molecule is CC1OC(C)C1C. The molecule has 1 saturated heterocycles. The molecule has 0 saturated carbocycles. The van der Waals surface area contributed by atoms with Crippen molar-refractivity contribution in [2.45, 2.75) is 33.0 Å². The minimum atomic E-state index is 0.509. The van der Waals surface area contributed by atoms with Crippen LogP contribution in [-0.4, -0.2) is 12.2 Å². The summed E-state index contributed by atoms with van der Waals surface area (Å²) in [7, 11) is 0. The second-order valence-corrected chi connectivity index (χ2v) is 2.41. The normalized spacial score (nSPS) is 51.0. The van der Waals surface area contributed by atoms with Gasteiger partial charge in [0.05, 0.1) is 12.2 Å². The fourth-order valence-electron chi connectivity index (χ4n) is 0.879. The third-order valence-electron chi connectivity index (χ3n) is 1.91. The van der Waals surface area contributed by atoms with Gasteiger partial charge in [-0.15, -0.1) is 0 Å². The molecule has 2 unspecified atom stereocenters. The van der Waals surface area contributed by atoms with Crippen molar-refractivity contribution in [2.75, 3.05) is 0 Å². The Hall–Kier alpha value is -0.0400. The molecule has 1 rings (SSSR count). The molecule has 2 atom stereocenters. The van der Waals surface area contributed by atoms with Gasteiger partial charge >= 0.3 is 0 Å². The third kappa shape index (κ3) is 0.653. The first kappa shape index (κ1) is 5.10. The van der Waals surface area contributed by atoms with E-state index in [1.165, 1.54) is 0 Å². The van der Waals surface area contributed by atoms with E-state index in [1.807, 2.05) is 0 Å². The van der Waals surface area contributed by atoms with Crippen molar-refractivity contribution in [3.63, 3.8) is 0 Å². The maximum atomic E-state index is 5.25. The Balaban J connectivity index is 2.29. The summed E-state index contributed by atoms with van der Waals surface area (Å²) in [4.78, 5) is 0. The van der Waals surface area contributed by atoms with Gasteiger partial charge in [0.2, 0.25) is 0 Å². The van der Waals surface area contributed by atoms with E-state index in [0.717, 1.165) is 5.92 Å². The highest BCUT2D eigenvalue weighted by Gasteiger charge is 2.31. The highest BCUT2D eigenvalue weighted by Crippen LogP contribution is 2.26. The van der Waals surface area contributed by atoms with Gasteiger partial charge in [-0.05, 0) is 13.8 Å². The van der Waals surface area contributed by atoms with E-state index in [9.17, 15) is 0 Å². The summed E-state index contributed by atoms with van der Waals surface area (Å²) in [5.41, 5.74) is 0. The van der Waals surface area contributed by atoms with Crippen LogP contribution in [0.1, 0.15) is 20.8 Å². The molecule has 7 heavy (non-hydrogen) atoms. The minimum Gasteiger partial charge on any atom is -0.375 e. The molecule has 1 aliphatic heterocycles. The molecule has 42 valence electrons. The van der Waals surface area contributed by atoms with Crippen molar-refractivity contribution in [1.29, 1.82) is 0 Å². The van der Waals surface area contributed by atoms with Crippen molar-refractivity contribution in [3.05, 3.63) is 0 Å². The van der Waals surface area contributed by atoms with Gasteiger partial charge in [0.25, 0.3) is 0 Å². The molecule has 0 spiro atoms. The molecule has 1 fully saturated rings. The number of hydrogen-bond donors (Lipinski definition) is 0. The Morgan fingerprint density at radius 1 is 1.00 bits per heavy atom. The summed E-state index contributed by atoms with van der Waals surface area (Å²) in [5.74, 6) is 0.778. The zero-order chi connectivity index (χ0) is 5.44. The van der Waals surface area contributed by atoms with Gasteiger partial charge in [-0.25, -0.2) is 0 Å². The molecular weight excluding hydrogens is 88.1 g/mol. The molecule has 0 bridgehead atoms. The highest BCUT2D eigenvalue weighted by molar-refractivity contribution is 4.77. The van der Waals surface area contributed by atoms with Crippen LogP contribution in [0.3, 0.4) is 0 Å². The summed E-state index contributed by atoms with van der Waals surface area (Å²) >= 11 is 0. The fourth-order valence-corrected chi connectivity index (χ4v) is 0.879. The van der Waals surface area contributed by atoms with Crippen LogP contribution in [0.25, 0.3) is 0 Å². The maximum Gasteiger partial charge on any atom is 0.0600 e. The number of ether oxygens (including phenoxy) is 1. The Kier molecular flexibility index (Phi) is 1.08. The summed E-state index contributed by atoms with van der Waals surface area (Å²) < 4.78 is 5.25. The van der Waals surface area contributed by atoms with Gasteiger partial charge in [0, 0.05) is 5.92 Å². The standard InChI is InChI=1S/C6H12O/c1-4-5(2)7-6(4)3/h4-6H,1-3H3. The van der Waals surface area contributed by atoms with Crippen molar-refractivity contribution in [2.24, 2.45) is 5.92 Å². The molecule has 0 aromatic rings. The average Bonchev–Trinajstić information content (AvgIpc) is 1.68.